The van der Waals surface area contributed by atoms with Gasteiger partial charge < -0.3 is 9.47 Å². The summed E-state index contributed by atoms with van der Waals surface area (Å²) >= 11 is 12.8. The number of ether oxygens (including phenoxy) is 2. The zero-order valence-electron chi connectivity index (χ0n) is 14.6. The summed E-state index contributed by atoms with van der Waals surface area (Å²) in [7, 11) is 1.64. The minimum absolute atomic E-state index is 0.246. The van der Waals surface area contributed by atoms with Gasteiger partial charge in [0, 0.05) is 12.0 Å². The van der Waals surface area contributed by atoms with Gasteiger partial charge in [0.2, 0.25) is 0 Å². The van der Waals surface area contributed by atoms with Crippen molar-refractivity contribution >= 4 is 23.2 Å². The maximum absolute atomic E-state index is 6.42. The van der Waals surface area contributed by atoms with E-state index in [1.807, 2.05) is 18.2 Å². The first kappa shape index (κ1) is 18.5. The molecular weight excluding hydrogens is 375 g/mol. The van der Waals surface area contributed by atoms with Gasteiger partial charge in [-0.2, -0.15) is 5.21 Å². The lowest BCUT2D eigenvalue weighted by molar-refractivity contribution is 0.411. The molecule has 0 unspecified atom stereocenters. The number of hydrogen-bond acceptors (Lipinski definition) is 5. The van der Waals surface area contributed by atoms with Crippen molar-refractivity contribution in [1.29, 1.82) is 0 Å². The number of aromatic nitrogens is 4. The predicted octanol–water partition coefficient (Wildman–Crippen LogP) is 5.02. The third-order valence-electron chi connectivity index (χ3n) is 3.86. The Morgan fingerprint density at radius 1 is 1.12 bits per heavy atom. The van der Waals surface area contributed by atoms with E-state index in [-0.39, 0.29) is 5.92 Å². The summed E-state index contributed by atoms with van der Waals surface area (Å²) in [4.78, 5) is 0. The molecule has 1 aromatic heterocycles. The van der Waals surface area contributed by atoms with Gasteiger partial charge in [-0.15, -0.1) is 10.2 Å². The molecule has 0 saturated heterocycles. The molecule has 0 amide bonds. The molecular formula is C18H18Cl2N4O2. The monoisotopic (exact) mass is 392 g/mol. The van der Waals surface area contributed by atoms with Gasteiger partial charge in [0.25, 0.3) is 0 Å². The fraction of sp³-hybridized carbons (Fsp3) is 0.278. The van der Waals surface area contributed by atoms with E-state index < -0.39 is 0 Å². The third kappa shape index (κ3) is 4.08. The van der Waals surface area contributed by atoms with Crippen LogP contribution in [0.4, 0.5) is 0 Å². The lowest BCUT2D eigenvalue weighted by Crippen LogP contribution is -1.97. The molecule has 3 aromatic rings. The van der Waals surface area contributed by atoms with Crippen molar-refractivity contribution in [3.05, 3.63) is 57.3 Å². The smallest absolute Gasteiger partial charge is 0.178 e. The van der Waals surface area contributed by atoms with Crippen LogP contribution in [0.2, 0.25) is 10.0 Å². The minimum atomic E-state index is 0.246. The van der Waals surface area contributed by atoms with Crippen LogP contribution in [0.25, 0.3) is 0 Å². The van der Waals surface area contributed by atoms with Gasteiger partial charge in [-0.3, -0.25) is 0 Å². The molecule has 6 nitrogen and oxygen atoms in total. The Kier molecular flexibility index (Phi) is 5.64. The number of benzene rings is 2. The van der Waals surface area contributed by atoms with Crippen LogP contribution in [0.15, 0.2) is 30.3 Å². The summed E-state index contributed by atoms with van der Waals surface area (Å²) in [6.07, 6.45) is 0.468. The molecule has 0 radical (unpaired) electrons. The van der Waals surface area contributed by atoms with Gasteiger partial charge in [0.15, 0.2) is 11.6 Å². The normalized spacial score (nSPS) is 11.0. The summed E-state index contributed by atoms with van der Waals surface area (Å²) in [5.74, 6) is 2.68. The second-order valence-electron chi connectivity index (χ2n) is 6.05. The predicted molar refractivity (Wildman–Crippen MR) is 101 cm³/mol. The highest BCUT2D eigenvalue weighted by Crippen LogP contribution is 2.40. The van der Waals surface area contributed by atoms with Crippen LogP contribution >= 0.6 is 23.2 Å². The molecule has 136 valence electrons. The van der Waals surface area contributed by atoms with Gasteiger partial charge >= 0.3 is 0 Å². The third-order valence-corrected chi connectivity index (χ3v) is 4.42. The topological polar surface area (TPSA) is 72.9 Å². The molecule has 0 aliphatic rings. The average molecular weight is 393 g/mol. The van der Waals surface area contributed by atoms with Gasteiger partial charge in [0.05, 0.1) is 17.2 Å². The number of nitrogens with zero attached hydrogens (tertiary/aromatic N) is 3. The number of methoxy groups -OCH3 is 1. The Hall–Kier alpha value is -2.31. The van der Waals surface area contributed by atoms with Crippen LogP contribution in [0.1, 0.15) is 36.7 Å². The van der Waals surface area contributed by atoms with E-state index in [9.17, 15) is 0 Å². The number of hydrogen-bond donors (Lipinski definition) is 1. The summed E-state index contributed by atoms with van der Waals surface area (Å²) in [6, 6.07) is 9.23. The minimum Gasteiger partial charge on any atom is -0.497 e. The van der Waals surface area contributed by atoms with Crippen molar-refractivity contribution in [3.8, 4) is 17.2 Å². The highest BCUT2D eigenvalue weighted by molar-refractivity contribution is 6.37. The second kappa shape index (κ2) is 7.93. The summed E-state index contributed by atoms with van der Waals surface area (Å²) in [6.45, 7) is 4.16. The van der Waals surface area contributed by atoms with Crippen LogP contribution in [0.5, 0.6) is 17.2 Å². The van der Waals surface area contributed by atoms with E-state index in [0.717, 1.165) is 16.9 Å². The van der Waals surface area contributed by atoms with Crippen molar-refractivity contribution < 1.29 is 9.47 Å². The first-order valence-corrected chi connectivity index (χ1v) is 8.79. The fourth-order valence-electron chi connectivity index (χ4n) is 2.56. The standard InChI is InChI=1S/C18H18Cl2N4O2/c1-10(2)13-9-12(25-3)4-5-16(13)26-18-14(19)6-11(7-15(18)20)8-17-21-23-24-22-17/h4-7,9-10H,8H2,1-3H3,(H,21,22,23,24). The van der Waals surface area contributed by atoms with Crippen LogP contribution in [-0.2, 0) is 6.42 Å². The quantitative estimate of drug-likeness (QED) is 0.637. The highest BCUT2D eigenvalue weighted by atomic mass is 35.5. The molecule has 0 fully saturated rings. The molecule has 1 N–H and O–H groups in total. The average Bonchev–Trinajstić information content (AvgIpc) is 3.11. The van der Waals surface area contributed by atoms with E-state index in [1.54, 1.807) is 19.2 Å². The van der Waals surface area contributed by atoms with Gasteiger partial charge in [0.1, 0.15) is 11.5 Å². The van der Waals surface area contributed by atoms with E-state index in [2.05, 4.69) is 34.5 Å². The van der Waals surface area contributed by atoms with Crippen molar-refractivity contribution in [2.45, 2.75) is 26.2 Å². The largest absolute Gasteiger partial charge is 0.497 e. The molecule has 0 bridgehead atoms. The Labute approximate surface area is 161 Å². The number of tetrazole rings is 1. The van der Waals surface area contributed by atoms with E-state index in [1.165, 1.54) is 0 Å². The highest BCUT2D eigenvalue weighted by Gasteiger charge is 2.16. The van der Waals surface area contributed by atoms with Crippen molar-refractivity contribution in [2.75, 3.05) is 7.11 Å². The summed E-state index contributed by atoms with van der Waals surface area (Å²) < 4.78 is 11.3. The number of H-pyrrole nitrogens is 1. The zero-order chi connectivity index (χ0) is 18.7. The fourth-order valence-corrected chi connectivity index (χ4v) is 3.17. The van der Waals surface area contributed by atoms with E-state index in [4.69, 9.17) is 32.7 Å². The molecule has 8 heteroatoms. The van der Waals surface area contributed by atoms with Gasteiger partial charge in [-0.25, -0.2) is 0 Å². The number of rotatable bonds is 6. The second-order valence-corrected chi connectivity index (χ2v) is 6.87. The number of aromatic amines is 1. The zero-order valence-corrected chi connectivity index (χ0v) is 16.1. The van der Waals surface area contributed by atoms with Crippen molar-refractivity contribution in [3.63, 3.8) is 0 Å². The van der Waals surface area contributed by atoms with Crippen LogP contribution in [0, 0.1) is 0 Å². The van der Waals surface area contributed by atoms with Crippen molar-refractivity contribution in [1.82, 2.24) is 20.6 Å². The molecule has 0 spiro atoms. The SMILES string of the molecule is COc1ccc(Oc2c(Cl)cc(Cc3nn[nH]n3)cc2Cl)c(C(C)C)c1. The van der Waals surface area contributed by atoms with Crippen LogP contribution in [0.3, 0.4) is 0 Å². The van der Waals surface area contributed by atoms with Gasteiger partial charge in [-0.05, 0) is 41.8 Å². The Morgan fingerprint density at radius 3 is 2.42 bits per heavy atom. The van der Waals surface area contributed by atoms with E-state index in [0.29, 0.717) is 33.8 Å². The Morgan fingerprint density at radius 2 is 1.85 bits per heavy atom. The van der Waals surface area contributed by atoms with Crippen LogP contribution < -0.4 is 9.47 Å². The molecule has 2 aromatic carbocycles. The first-order valence-electron chi connectivity index (χ1n) is 8.04. The number of halogens is 2. The molecule has 0 atom stereocenters. The molecule has 1 heterocycles. The first-order chi connectivity index (χ1) is 12.5. The van der Waals surface area contributed by atoms with Gasteiger partial charge in [-0.1, -0.05) is 42.3 Å². The van der Waals surface area contributed by atoms with E-state index >= 15 is 0 Å². The Bertz CT molecular complexity index is 875. The molecule has 0 aliphatic heterocycles. The molecule has 0 aliphatic carbocycles. The molecule has 0 saturated carbocycles. The molecule has 26 heavy (non-hydrogen) atoms. The van der Waals surface area contributed by atoms with Crippen LogP contribution in [-0.4, -0.2) is 27.7 Å². The molecule has 3 rings (SSSR count). The maximum atomic E-state index is 6.42. The summed E-state index contributed by atoms with van der Waals surface area (Å²) in [5, 5.41) is 14.7. The maximum Gasteiger partial charge on any atom is 0.178 e. The Balaban J connectivity index is 1.91. The lowest BCUT2D eigenvalue weighted by Gasteiger charge is -2.17. The number of nitrogens with one attached hydrogen (secondary N) is 1. The summed E-state index contributed by atoms with van der Waals surface area (Å²) in [5.41, 5.74) is 1.87. The van der Waals surface area contributed by atoms with Crippen molar-refractivity contribution in [2.24, 2.45) is 0 Å². The lowest BCUT2D eigenvalue weighted by atomic mass is 10.0.